The number of hydrogen-bond acceptors (Lipinski definition) is 4. The third kappa shape index (κ3) is 2.93. The summed E-state index contributed by atoms with van der Waals surface area (Å²) in [7, 11) is 0. The Hall–Kier alpha value is -3.38. The van der Waals surface area contributed by atoms with Crippen LogP contribution in [0.1, 0.15) is 6.42 Å². The summed E-state index contributed by atoms with van der Waals surface area (Å²) in [4.78, 5) is 29.5. The van der Waals surface area contributed by atoms with Gasteiger partial charge in [-0.1, -0.05) is 35.9 Å². The molecule has 1 unspecified atom stereocenters. The Morgan fingerprint density at radius 1 is 1.14 bits per heavy atom. The molecule has 5 rings (SSSR count). The maximum Gasteiger partial charge on any atom is 0.308 e. The van der Waals surface area contributed by atoms with Crippen LogP contribution < -0.4 is 4.90 Å². The van der Waals surface area contributed by atoms with Gasteiger partial charge in [-0.05, 0) is 29.7 Å². The van der Waals surface area contributed by atoms with Gasteiger partial charge in [-0.15, -0.1) is 0 Å². The summed E-state index contributed by atoms with van der Waals surface area (Å²) >= 11 is 6.31. The minimum atomic E-state index is -0.960. The van der Waals surface area contributed by atoms with Crippen LogP contribution in [-0.2, 0) is 9.59 Å². The molecule has 1 N–H and O–H groups in total. The Morgan fingerprint density at radius 2 is 1.93 bits per heavy atom. The lowest BCUT2D eigenvalue weighted by Crippen LogP contribution is -2.25. The van der Waals surface area contributed by atoms with Gasteiger partial charge < -0.3 is 14.4 Å². The van der Waals surface area contributed by atoms with Crippen LogP contribution in [0.4, 0.5) is 5.69 Å². The average Bonchev–Trinajstić information content (AvgIpc) is 3.31. The van der Waals surface area contributed by atoms with Crippen LogP contribution in [0.3, 0.4) is 0 Å². The number of anilines is 1. The maximum atomic E-state index is 12.2. The number of carbonyl (C=O) groups is 2. The molecular formula is C22H15ClN2O4. The van der Waals surface area contributed by atoms with E-state index in [1.165, 1.54) is 4.90 Å². The predicted molar refractivity (Wildman–Crippen MR) is 110 cm³/mol. The minimum absolute atomic E-state index is 0.00574. The van der Waals surface area contributed by atoms with E-state index in [4.69, 9.17) is 16.0 Å². The molecule has 0 spiro atoms. The number of benzene rings is 3. The highest BCUT2D eigenvalue weighted by Gasteiger charge is 2.35. The van der Waals surface area contributed by atoms with Crippen molar-refractivity contribution in [2.24, 2.45) is 5.92 Å². The van der Waals surface area contributed by atoms with Crippen LogP contribution in [0.25, 0.3) is 33.3 Å². The van der Waals surface area contributed by atoms with Gasteiger partial charge in [0.05, 0.1) is 5.92 Å². The van der Waals surface area contributed by atoms with Crippen molar-refractivity contribution in [1.82, 2.24) is 4.98 Å². The third-order valence-electron chi connectivity index (χ3n) is 5.26. The Labute approximate surface area is 170 Å². The molecule has 1 aliphatic rings. The second-order valence-electron chi connectivity index (χ2n) is 7.06. The highest BCUT2D eigenvalue weighted by atomic mass is 35.5. The Kier molecular flexibility index (Phi) is 4.03. The van der Waals surface area contributed by atoms with E-state index >= 15 is 0 Å². The predicted octanol–water partition coefficient (Wildman–Crippen LogP) is 4.74. The zero-order valence-electron chi connectivity index (χ0n) is 15.1. The molecule has 0 saturated carbocycles. The molecule has 7 heteroatoms. The lowest BCUT2D eigenvalue weighted by molar-refractivity contribution is -0.141. The molecule has 1 fully saturated rings. The zero-order valence-corrected chi connectivity index (χ0v) is 15.9. The van der Waals surface area contributed by atoms with Gasteiger partial charge in [-0.3, -0.25) is 9.59 Å². The fourth-order valence-electron chi connectivity index (χ4n) is 3.78. The number of amides is 1. The number of rotatable bonds is 3. The fourth-order valence-corrected chi connectivity index (χ4v) is 4.01. The van der Waals surface area contributed by atoms with Gasteiger partial charge in [0, 0.05) is 40.7 Å². The monoisotopic (exact) mass is 406 g/mol. The molecule has 1 saturated heterocycles. The molecular weight excluding hydrogens is 392 g/mol. The normalized spacial score (nSPS) is 16.8. The number of oxazole rings is 1. The van der Waals surface area contributed by atoms with E-state index in [-0.39, 0.29) is 18.9 Å². The lowest BCUT2D eigenvalue weighted by atomic mass is 10.0. The van der Waals surface area contributed by atoms with E-state index in [1.54, 1.807) is 18.2 Å². The fraction of sp³-hybridized carbons (Fsp3) is 0.136. The van der Waals surface area contributed by atoms with Crippen molar-refractivity contribution in [3.05, 3.63) is 59.6 Å². The van der Waals surface area contributed by atoms with Gasteiger partial charge >= 0.3 is 5.97 Å². The SMILES string of the molecule is O=C(O)C1CC(=O)N(c2ccc3nc(-c4cccc5c(Cl)cccc45)oc3c2)C1. The van der Waals surface area contributed by atoms with Gasteiger partial charge in [-0.25, -0.2) is 4.98 Å². The Balaban J connectivity index is 1.57. The van der Waals surface area contributed by atoms with Crippen molar-refractivity contribution in [3.8, 4) is 11.5 Å². The molecule has 144 valence electrons. The van der Waals surface area contributed by atoms with E-state index in [1.807, 2.05) is 36.4 Å². The van der Waals surface area contributed by atoms with Crippen molar-refractivity contribution >= 4 is 51.0 Å². The number of halogens is 1. The minimum Gasteiger partial charge on any atom is -0.481 e. The second kappa shape index (κ2) is 6.60. The van der Waals surface area contributed by atoms with Crippen molar-refractivity contribution in [2.75, 3.05) is 11.4 Å². The summed E-state index contributed by atoms with van der Waals surface area (Å²) in [6, 6.07) is 16.7. The summed E-state index contributed by atoms with van der Waals surface area (Å²) in [6.45, 7) is 0.155. The summed E-state index contributed by atoms with van der Waals surface area (Å²) in [6.07, 6.45) is 0.00574. The molecule has 3 aromatic carbocycles. The first-order chi connectivity index (χ1) is 14.0. The van der Waals surface area contributed by atoms with E-state index in [9.17, 15) is 14.7 Å². The van der Waals surface area contributed by atoms with Gasteiger partial charge in [-0.2, -0.15) is 0 Å². The third-order valence-corrected chi connectivity index (χ3v) is 5.59. The number of carbonyl (C=O) groups excluding carboxylic acids is 1. The van der Waals surface area contributed by atoms with E-state index in [0.717, 1.165) is 16.3 Å². The molecule has 1 aliphatic heterocycles. The van der Waals surface area contributed by atoms with E-state index in [0.29, 0.717) is 27.7 Å². The number of aromatic nitrogens is 1. The number of aliphatic carboxylic acids is 1. The summed E-state index contributed by atoms with van der Waals surface area (Å²) in [5, 5.41) is 11.7. The molecule has 2 heterocycles. The molecule has 0 radical (unpaired) electrons. The smallest absolute Gasteiger partial charge is 0.308 e. The highest BCUT2D eigenvalue weighted by Crippen LogP contribution is 2.35. The molecule has 1 aromatic heterocycles. The lowest BCUT2D eigenvalue weighted by Gasteiger charge is -2.15. The second-order valence-corrected chi connectivity index (χ2v) is 7.46. The largest absolute Gasteiger partial charge is 0.481 e. The van der Waals surface area contributed by atoms with Crippen LogP contribution in [0.2, 0.25) is 5.02 Å². The maximum absolute atomic E-state index is 12.2. The summed E-state index contributed by atoms with van der Waals surface area (Å²) in [5.41, 5.74) is 2.62. The van der Waals surface area contributed by atoms with Crippen LogP contribution in [-0.4, -0.2) is 28.5 Å². The Bertz CT molecular complexity index is 1300. The number of hydrogen-bond donors (Lipinski definition) is 1. The first-order valence-electron chi connectivity index (χ1n) is 9.12. The standard InChI is InChI=1S/C22H15ClN2O4/c23-17-6-2-3-14-15(17)4-1-5-16(14)21-24-18-8-7-13(10-19(18)29-21)25-11-12(22(27)28)9-20(25)26/h1-8,10,12H,9,11H2,(H,27,28). The number of nitrogens with zero attached hydrogens (tertiary/aromatic N) is 2. The van der Waals surface area contributed by atoms with Gasteiger partial charge in [0.2, 0.25) is 11.8 Å². The van der Waals surface area contributed by atoms with Crippen LogP contribution in [0.5, 0.6) is 0 Å². The molecule has 29 heavy (non-hydrogen) atoms. The van der Waals surface area contributed by atoms with Gasteiger partial charge in [0.15, 0.2) is 5.58 Å². The first-order valence-corrected chi connectivity index (χ1v) is 9.50. The van der Waals surface area contributed by atoms with Crippen molar-refractivity contribution in [2.45, 2.75) is 6.42 Å². The molecule has 6 nitrogen and oxygen atoms in total. The zero-order chi connectivity index (χ0) is 20.1. The topological polar surface area (TPSA) is 83.6 Å². The average molecular weight is 407 g/mol. The number of carboxylic acid groups (broad SMARTS) is 1. The Morgan fingerprint density at radius 3 is 2.72 bits per heavy atom. The van der Waals surface area contributed by atoms with Gasteiger partial charge in [0.1, 0.15) is 5.52 Å². The first kappa shape index (κ1) is 17.7. The molecule has 1 atom stereocenters. The van der Waals surface area contributed by atoms with Crippen molar-refractivity contribution < 1.29 is 19.1 Å². The van der Waals surface area contributed by atoms with Crippen LogP contribution in [0.15, 0.2) is 59.0 Å². The van der Waals surface area contributed by atoms with E-state index in [2.05, 4.69) is 4.98 Å². The van der Waals surface area contributed by atoms with Crippen molar-refractivity contribution in [3.63, 3.8) is 0 Å². The van der Waals surface area contributed by atoms with Gasteiger partial charge in [0.25, 0.3) is 0 Å². The molecule has 0 bridgehead atoms. The summed E-state index contributed by atoms with van der Waals surface area (Å²) < 4.78 is 6.00. The number of fused-ring (bicyclic) bond motifs is 2. The quantitative estimate of drug-likeness (QED) is 0.531. The number of carboxylic acids is 1. The van der Waals surface area contributed by atoms with Crippen molar-refractivity contribution in [1.29, 1.82) is 0 Å². The highest BCUT2D eigenvalue weighted by molar-refractivity contribution is 6.35. The molecule has 0 aliphatic carbocycles. The summed E-state index contributed by atoms with van der Waals surface area (Å²) in [5.74, 6) is -1.40. The molecule has 1 amide bonds. The van der Waals surface area contributed by atoms with E-state index < -0.39 is 11.9 Å². The molecule has 4 aromatic rings. The van der Waals surface area contributed by atoms with Crippen LogP contribution >= 0.6 is 11.6 Å². The van der Waals surface area contributed by atoms with Crippen LogP contribution in [0, 0.1) is 5.92 Å².